The summed E-state index contributed by atoms with van der Waals surface area (Å²) in [6.07, 6.45) is -0.665. The first-order chi connectivity index (χ1) is 8.90. The van der Waals surface area contributed by atoms with E-state index in [2.05, 4.69) is 23.8 Å². The first kappa shape index (κ1) is 14.2. The summed E-state index contributed by atoms with van der Waals surface area (Å²) in [5.41, 5.74) is 0.109. The molecule has 7 heteroatoms. The number of nitro groups is 1. The Bertz CT molecular complexity index is 475. The number of nitrogens with zero attached hydrogens (tertiary/aromatic N) is 3. The predicted octanol–water partition coefficient (Wildman–Crippen LogP) is 1.85. The van der Waals surface area contributed by atoms with Gasteiger partial charge < -0.3 is 14.9 Å². The van der Waals surface area contributed by atoms with E-state index in [1.807, 2.05) is 0 Å². The summed E-state index contributed by atoms with van der Waals surface area (Å²) in [6.45, 7) is 6.19. The zero-order valence-electron chi connectivity index (χ0n) is 11.4. The highest BCUT2D eigenvalue weighted by atomic mass is 32.1. The molecule has 1 fully saturated rings. The van der Waals surface area contributed by atoms with Crippen LogP contribution in [0.25, 0.3) is 0 Å². The van der Waals surface area contributed by atoms with Crippen molar-refractivity contribution in [1.29, 1.82) is 0 Å². The minimum atomic E-state index is -0.665. The van der Waals surface area contributed by atoms with Crippen molar-refractivity contribution in [3.8, 4) is 0 Å². The standard InChI is InChI=1S/C12H19N3O3S/c1-8-7-14(5-4-13(8)3)12-10(15(17)18)6-11(19-12)9(2)16/h6,8-9,16H,4-5,7H2,1-3H3/t8?,9-/m1/s1. The number of likely N-dealkylation sites (N-methyl/N-ethyl adjacent to an activating group) is 1. The highest BCUT2D eigenvalue weighted by Crippen LogP contribution is 2.40. The fourth-order valence-corrected chi connectivity index (χ4v) is 3.28. The molecule has 1 N–H and O–H groups in total. The molecule has 0 spiro atoms. The number of thiophene rings is 1. The molecule has 1 aliphatic rings. The number of aliphatic hydroxyl groups is 1. The molecule has 0 bridgehead atoms. The second-order valence-electron chi connectivity index (χ2n) is 5.05. The van der Waals surface area contributed by atoms with Gasteiger partial charge in [-0.05, 0) is 20.9 Å². The molecular weight excluding hydrogens is 266 g/mol. The average molecular weight is 285 g/mol. The van der Waals surface area contributed by atoms with Crippen LogP contribution in [0, 0.1) is 10.1 Å². The van der Waals surface area contributed by atoms with Crippen LogP contribution in [0.1, 0.15) is 24.8 Å². The fraction of sp³-hybridized carbons (Fsp3) is 0.667. The van der Waals surface area contributed by atoms with Crippen LogP contribution in [0.15, 0.2) is 6.07 Å². The Morgan fingerprint density at radius 3 is 2.79 bits per heavy atom. The first-order valence-electron chi connectivity index (χ1n) is 6.31. The Morgan fingerprint density at radius 1 is 1.58 bits per heavy atom. The van der Waals surface area contributed by atoms with Gasteiger partial charge in [-0.25, -0.2) is 0 Å². The van der Waals surface area contributed by atoms with Gasteiger partial charge in [-0.3, -0.25) is 10.1 Å². The summed E-state index contributed by atoms with van der Waals surface area (Å²) in [5.74, 6) is 0. The summed E-state index contributed by atoms with van der Waals surface area (Å²) >= 11 is 1.32. The molecule has 1 saturated heterocycles. The van der Waals surface area contributed by atoms with Crippen molar-refractivity contribution in [2.45, 2.75) is 26.0 Å². The van der Waals surface area contributed by atoms with E-state index in [4.69, 9.17) is 0 Å². The smallest absolute Gasteiger partial charge is 0.304 e. The van der Waals surface area contributed by atoms with E-state index in [0.29, 0.717) is 15.9 Å². The molecule has 0 radical (unpaired) electrons. The third-order valence-corrected chi connectivity index (χ3v) is 4.92. The molecule has 6 nitrogen and oxygen atoms in total. The Labute approximate surface area is 116 Å². The molecule has 1 aromatic rings. The lowest BCUT2D eigenvalue weighted by Gasteiger charge is -2.37. The van der Waals surface area contributed by atoms with E-state index in [-0.39, 0.29) is 10.6 Å². The Morgan fingerprint density at radius 2 is 2.26 bits per heavy atom. The van der Waals surface area contributed by atoms with E-state index in [1.165, 1.54) is 17.4 Å². The van der Waals surface area contributed by atoms with Crippen molar-refractivity contribution >= 4 is 22.0 Å². The monoisotopic (exact) mass is 285 g/mol. The van der Waals surface area contributed by atoms with Crippen LogP contribution in [-0.4, -0.2) is 47.7 Å². The number of piperazine rings is 1. The van der Waals surface area contributed by atoms with E-state index in [0.717, 1.165) is 19.6 Å². The maximum absolute atomic E-state index is 11.1. The summed E-state index contributed by atoms with van der Waals surface area (Å²) in [6, 6.07) is 1.86. The van der Waals surface area contributed by atoms with Gasteiger partial charge in [0.15, 0.2) is 5.00 Å². The molecule has 2 heterocycles. The number of anilines is 1. The molecule has 106 valence electrons. The topological polar surface area (TPSA) is 69.8 Å². The van der Waals surface area contributed by atoms with Crippen LogP contribution in [-0.2, 0) is 0 Å². The first-order valence-corrected chi connectivity index (χ1v) is 7.13. The molecule has 1 unspecified atom stereocenters. The van der Waals surface area contributed by atoms with Gasteiger partial charge in [0.25, 0.3) is 0 Å². The maximum Gasteiger partial charge on any atom is 0.304 e. The molecular formula is C12H19N3O3S. The van der Waals surface area contributed by atoms with Crippen LogP contribution in [0.2, 0.25) is 0 Å². The molecule has 2 atom stereocenters. The molecule has 0 amide bonds. The molecule has 0 aliphatic carbocycles. The van der Waals surface area contributed by atoms with Crippen LogP contribution in [0.3, 0.4) is 0 Å². The zero-order valence-corrected chi connectivity index (χ0v) is 12.2. The van der Waals surface area contributed by atoms with Gasteiger partial charge in [0, 0.05) is 36.6 Å². The molecule has 2 rings (SSSR count). The Hall–Kier alpha value is -1.18. The van der Waals surface area contributed by atoms with E-state index in [9.17, 15) is 15.2 Å². The maximum atomic E-state index is 11.1. The zero-order chi connectivity index (χ0) is 14.2. The van der Waals surface area contributed by atoms with E-state index < -0.39 is 6.10 Å². The van der Waals surface area contributed by atoms with Crippen molar-refractivity contribution in [2.75, 3.05) is 31.6 Å². The van der Waals surface area contributed by atoms with Gasteiger partial charge in [0.05, 0.1) is 11.0 Å². The second-order valence-corrected chi connectivity index (χ2v) is 6.11. The highest BCUT2D eigenvalue weighted by Gasteiger charge is 2.29. The van der Waals surface area contributed by atoms with E-state index in [1.54, 1.807) is 6.92 Å². The van der Waals surface area contributed by atoms with Gasteiger partial charge in [-0.15, -0.1) is 11.3 Å². The van der Waals surface area contributed by atoms with Crippen molar-refractivity contribution < 1.29 is 10.0 Å². The van der Waals surface area contributed by atoms with Gasteiger partial charge in [-0.1, -0.05) is 0 Å². The van der Waals surface area contributed by atoms with Gasteiger partial charge >= 0.3 is 5.69 Å². The van der Waals surface area contributed by atoms with Crippen LogP contribution in [0.4, 0.5) is 10.7 Å². The van der Waals surface area contributed by atoms with Crippen molar-refractivity contribution in [3.63, 3.8) is 0 Å². The number of hydrogen-bond donors (Lipinski definition) is 1. The number of rotatable bonds is 3. The normalized spacial score (nSPS) is 22.5. The lowest BCUT2D eigenvalue weighted by molar-refractivity contribution is -0.383. The van der Waals surface area contributed by atoms with Crippen LogP contribution < -0.4 is 4.90 Å². The molecule has 19 heavy (non-hydrogen) atoms. The fourth-order valence-electron chi connectivity index (χ4n) is 2.19. The molecule has 0 aromatic carbocycles. The summed E-state index contributed by atoms with van der Waals surface area (Å²) in [5, 5.41) is 21.4. The SMILES string of the molecule is CC1CN(c2sc([C@@H](C)O)cc2[N+](=O)[O-])CCN1C. The van der Waals surface area contributed by atoms with E-state index >= 15 is 0 Å². The Kier molecular flexibility index (Phi) is 4.07. The van der Waals surface area contributed by atoms with Gasteiger partial charge in [0.2, 0.25) is 0 Å². The van der Waals surface area contributed by atoms with Crippen LogP contribution >= 0.6 is 11.3 Å². The van der Waals surface area contributed by atoms with Crippen molar-refractivity contribution in [2.24, 2.45) is 0 Å². The summed E-state index contributed by atoms with van der Waals surface area (Å²) in [7, 11) is 2.06. The van der Waals surface area contributed by atoms with Gasteiger partial charge in [0.1, 0.15) is 0 Å². The largest absolute Gasteiger partial charge is 0.388 e. The quantitative estimate of drug-likeness (QED) is 0.678. The highest BCUT2D eigenvalue weighted by molar-refractivity contribution is 7.16. The lowest BCUT2D eigenvalue weighted by atomic mass is 10.2. The second kappa shape index (κ2) is 5.44. The number of hydrogen-bond acceptors (Lipinski definition) is 6. The number of aliphatic hydroxyl groups excluding tert-OH is 1. The predicted molar refractivity (Wildman–Crippen MR) is 75.9 cm³/mol. The average Bonchev–Trinajstić information content (AvgIpc) is 2.78. The minimum Gasteiger partial charge on any atom is -0.388 e. The summed E-state index contributed by atoms with van der Waals surface area (Å²) < 4.78 is 0. The summed E-state index contributed by atoms with van der Waals surface area (Å²) in [4.78, 5) is 15.7. The molecule has 0 saturated carbocycles. The Balaban J connectivity index is 2.30. The third kappa shape index (κ3) is 2.88. The lowest BCUT2D eigenvalue weighted by Crippen LogP contribution is -2.50. The minimum absolute atomic E-state index is 0.109. The third-order valence-electron chi connectivity index (χ3n) is 3.57. The van der Waals surface area contributed by atoms with Crippen molar-refractivity contribution in [3.05, 3.63) is 21.1 Å². The van der Waals surface area contributed by atoms with Crippen molar-refractivity contribution in [1.82, 2.24) is 4.90 Å². The molecule has 1 aliphatic heterocycles. The molecule has 1 aromatic heterocycles. The van der Waals surface area contributed by atoms with Gasteiger partial charge in [-0.2, -0.15) is 0 Å². The van der Waals surface area contributed by atoms with Crippen LogP contribution in [0.5, 0.6) is 0 Å².